The van der Waals surface area contributed by atoms with Gasteiger partial charge in [-0.15, -0.1) is 0 Å². The van der Waals surface area contributed by atoms with Crippen LogP contribution in [-0.4, -0.2) is 23.9 Å². The van der Waals surface area contributed by atoms with Gasteiger partial charge in [0, 0.05) is 10.7 Å². The van der Waals surface area contributed by atoms with Gasteiger partial charge < -0.3 is 9.84 Å². The molecular weight excluding hydrogens is 358 g/mol. The molecule has 2 rings (SSSR count). The summed E-state index contributed by atoms with van der Waals surface area (Å²) in [6.07, 6.45) is 1.68. The van der Waals surface area contributed by atoms with Gasteiger partial charge in [-0.2, -0.15) is 0 Å². The van der Waals surface area contributed by atoms with Crippen LogP contribution in [-0.2, 0) is 4.79 Å². The summed E-state index contributed by atoms with van der Waals surface area (Å²) in [5.41, 5.74) is 1.61. The maximum atomic E-state index is 10.4. The number of carboxylic acid groups (broad SMARTS) is 1. The van der Waals surface area contributed by atoms with Crippen molar-refractivity contribution in [1.29, 1.82) is 0 Å². The molecule has 0 aliphatic rings. The number of ether oxygens (including phenoxy) is 1. The number of benzene rings is 2. The van der Waals surface area contributed by atoms with E-state index in [1.165, 1.54) is 0 Å². The Balaban J connectivity index is 2.11. The first-order chi connectivity index (χ1) is 10.0. The molecule has 21 heavy (non-hydrogen) atoms. The highest BCUT2D eigenvalue weighted by Gasteiger charge is 2.04. The summed E-state index contributed by atoms with van der Waals surface area (Å²) < 4.78 is 6.00. The lowest BCUT2D eigenvalue weighted by atomic mass is 10.2. The average molecular weight is 369 g/mol. The molecule has 0 saturated carbocycles. The Morgan fingerprint density at radius 3 is 2.81 bits per heavy atom. The van der Waals surface area contributed by atoms with Crippen molar-refractivity contribution in [2.75, 3.05) is 6.61 Å². The van der Waals surface area contributed by atoms with E-state index < -0.39 is 12.6 Å². The summed E-state index contributed by atoms with van der Waals surface area (Å²) in [5, 5.41) is 8.90. The molecule has 0 aromatic heterocycles. The molecule has 2 aromatic carbocycles. The van der Waals surface area contributed by atoms with E-state index in [1.807, 2.05) is 24.3 Å². The van der Waals surface area contributed by atoms with Crippen LogP contribution < -0.4 is 4.74 Å². The van der Waals surface area contributed by atoms with Gasteiger partial charge in [0.05, 0.1) is 10.7 Å². The van der Waals surface area contributed by atoms with Crippen LogP contribution in [0.4, 0.5) is 5.69 Å². The van der Waals surface area contributed by atoms with Crippen LogP contribution >= 0.6 is 27.5 Å². The van der Waals surface area contributed by atoms with Crippen LogP contribution in [0.25, 0.3) is 0 Å². The number of aliphatic carboxylic acids is 1. The maximum absolute atomic E-state index is 10.4. The van der Waals surface area contributed by atoms with Gasteiger partial charge in [-0.3, -0.25) is 4.99 Å². The van der Waals surface area contributed by atoms with Gasteiger partial charge >= 0.3 is 5.97 Å². The zero-order valence-corrected chi connectivity index (χ0v) is 13.1. The second kappa shape index (κ2) is 7.24. The number of carbonyl (C=O) groups is 1. The number of rotatable bonds is 5. The molecule has 0 radical (unpaired) electrons. The van der Waals surface area contributed by atoms with Crippen molar-refractivity contribution in [2.45, 2.75) is 0 Å². The van der Waals surface area contributed by atoms with Gasteiger partial charge in [0.2, 0.25) is 0 Å². The molecule has 0 amide bonds. The van der Waals surface area contributed by atoms with Crippen LogP contribution in [0.5, 0.6) is 5.75 Å². The summed E-state index contributed by atoms with van der Waals surface area (Å²) in [7, 11) is 0. The summed E-state index contributed by atoms with van der Waals surface area (Å²) >= 11 is 9.41. The number of hydrogen-bond acceptors (Lipinski definition) is 3. The first-order valence-corrected chi connectivity index (χ1v) is 7.15. The summed E-state index contributed by atoms with van der Waals surface area (Å²) in [5.74, 6) is -0.718. The van der Waals surface area contributed by atoms with Crippen LogP contribution in [0.1, 0.15) is 5.56 Å². The van der Waals surface area contributed by atoms with Gasteiger partial charge in [-0.1, -0.05) is 33.6 Å². The Morgan fingerprint density at radius 1 is 1.33 bits per heavy atom. The molecule has 0 unspecified atom stereocenters. The fraction of sp³-hybridized carbons (Fsp3) is 0.0667. The molecule has 0 spiro atoms. The predicted molar refractivity (Wildman–Crippen MR) is 86.0 cm³/mol. The van der Waals surface area contributed by atoms with E-state index in [1.54, 1.807) is 24.4 Å². The Kier molecular flexibility index (Phi) is 5.36. The molecule has 1 N–H and O–H groups in total. The van der Waals surface area contributed by atoms with Crippen molar-refractivity contribution in [3.8, 4) is 5.75 Å². The maximum Gasteiger partial charge on any atom is 0.341 e. The third-order valence-electron chi connectivity index (χ3n) is 2.48. The molecule has 108 valence electrons. The van der Waals surface area contributed by atoms with Gasteiger partial charge in [0.25, 0.3) is 0 Å². The fourth-order valence-electron chi connectivity index (χ4n) is 1.56. The monoisotopic (exact) mass is 367 g/mol. The normalized spacial score (nSPS) is 10.8. The molecule has 0 bridgehead atoms. The van der Waals surface area contributed by atoms with Crippen molar-refractivity contribution >= 4 is 45.4 Å². The molecule has 0 atom stereocenters. The molecule has 0 fully saturated rings. The smallest absolute Gasteiger partial charge is 0.341 e. The highest BCUT2D eigenvalue weighted by molar-refractivity contribution is 9.10. The van der Waals surface area contributed by atoms with E-state index in [0.717, 1.165) is 15.7 Å². The number of aliphatic imine (C=N–C) groups is 1. The molecule has 0 saturated heterocycles. The molecule has 0 aliphatic carbocycles. The molecule has 0 heterocycles. The topological polar surface area (TPSA) is 58.9 Å². The second-order valence-electron chi connectivity index (χ2n) is 4.11. The van der Waals surface area contributed by atoms with E-state index in [4.69, 9.17) is 21.4 Å². The Bertz CT molecular complexity index is 688. The average Bonchev–Trinajstić information content (AvgIpc) is 2.44. The molecular formula is C15H11BrClNO3. The van der Waals surface area contributed by atoms with Crippen LogP contribution in [0.15, 0.2) is 51.9 Å². The first-order valence-electron chi connectivity index (χ1n) is 5.98. The third-order valence-corrected chi connectivity index (χ3v) is 3.27. The zero-order valence-electron chi connectivity index (χ0n) is 10.8. The largest absolute Gasteiger partial charge is 0.480 e. The molecule has 4 nitrogen and oxygen atoms in total. The van der Waals surface area contributed by atoms with E-state index in [0.29, 0.717) is 10.8 Å². The lowest BCUT2D eigenvalue weighted by molar-refractivity contribution is -0.139. The minimum atomic E-state index is -1.05. The lowest BCUT2D eigenvalue weighted by Gasteiger charge is -2.05. The Morgan fingerprint density at radius 2 is 2.14 bits per heavy atom. The minimum absolute atomic E-state index is 0.332. The summed E-state index contributed by atoms with van der Waals surface area (Å²) in [6.45, 7) is -0.425. The van der Waals surface area contributed by atoms with Gasteiger partial charge in [0.1, 0.15) is 5.75 Å². The number of carboxylic acids is 1. The first kappa shape index (κ1) is 15.5. The minimum Gasteiger partial charge on any atom is -0.480 e. The standard InChI is InChI=1S/C15H11BrClNO3/c16-11-2-1-3-12(7-11)18-8-10-4-5-14(13(17)6-10)21-9-15(19)20/h1-8H,9H2,(H,19,20). The zero-order chi connectivity index (χ0) is 15.2. The molecule has 2 aromatic rings. The van der Waals surface area contributed by atoms with Crippen LogP contribution in [0.3, 0.4) is 0 Å². The van der Waals surface area contributed by atoms with Crippen molar-refractivity contribution < 1.29 is 14.6 Å². The highest BCUT2D eigenvalue weighted by Crippen LogP contribution is 2.25. The number of nitrogens with zero attached hydrogens (tertiary/aromatic N) is 1. The van der Waals surface area contributed by atoms with Crippen molar-refractivity contribution in [1.82, 2.24) is 0 Å². The Labute approximate surface area is 135 Å². The van der Waals surface area contributed by atoms with E-state index >= 15 is 0 Å². The number of hydrogen-bond donors (Lipinski definition) is 1. The fourth-order valence-corrected chi connectivity index (χ4v) is 2.19. The SMILES string of the molecule is O=C(O)COc1ccc(C=Nc2cccc(Br)c2)cc1Cl. The summed E-state index contributed by atoms with van der Waals surface area (Å²) in [4.78, 5) is 14.8. The molecule has 0 aliphatic heterocycles. The van der Waals surface area contributed by atoms with Crippen molar-refractivity contribution in [2.24, 2.45) is 4.99 Å². The lowest BCUT2D eigenvalue weighted by Crippen LogP contribution is -2.09. The predicted octanol–water partition coefficient (Wildman–Crippen LogP) is 4.32. The Hall–Kier alpha value is -1.85. The second-order valence-corrected chi connectivity index (χ2v) is 5.43. The van der Waals surface area contributed by atoms with Crippen LogP contribution in [0, 0.1) is 0 Å². The van der Waals surface area contributed by atoms with Crippen LogP contribution in [0.2, 0.25) is 5.02 Å². The summed E-state index contributed by atoms with van der Waals surface area (Å²) in [6, 6.07) is 12.6. The van der Waals surface area contributed by atoms with Gasteiger partial charge in [-0.05, 0) is 42.0 Å². The van der Waals surface area contributed by atoms with Gasteiger partial charge in [0.15, 0.2) is 6.61 Å². The van der Waals surface area contributed by atoms with Crippen molar-refractivity contribution in [3.63, 3.8) is 0 Å². The molecule has 6 heteroatoms. The quantitative estimate of drug-likeness (QED) is 0.800. The van der Waals surface area contributed by atoms with Crippen molar-refractivity contribution in [3.05, 3.63) is 57.5 Å². The van der Waals surface area contributed by atoms with Gasteiger partial charge in [-0.25, -0.2) is 4.79 Å². The van der Waals surface area contributed by atoms with E-state index in [2.05, 4.69) is 20.9 Å². The van der Waals surface area contributed by atoms with E-state index in [-0.39, 0.29) is 0 Å². The van der Waals surface area contributed by atoms with E-state index in [9.17, 15) is 4.79 Å². The highest BCUT2D eigenvalue weighted by atomic mass is 79.9. The number of halogens is 2. The third kappa shape index (κ3) is 4.88.